The molecule has 4 N–H and O–H groups in total. The van der Waals surface area contributed by atoms with Crippen molar-refractivity contribution in [3.63, 3.8) is 0 Å². The number of halogens is 1. The van der Waals surface area contributed by atoms with Crippen LogP contribution in [0.5, 0.6) is 0 Å². The molecule has 7 nitrogen and oxygen atoms in total. The minimum Gasteiger partial charge on any atom is -0.397 e. The van der Waals surface area contributed by atoms with Crippen LogP contribution in [0, 0.1) is 12.7 Å². The molecule has 0 fully saturated rings. The summed E-state index contributed by atoms with van der Waals surface area (Å²) in [5.74, 6) is -0.795. The zero-order valence-electron chi connectivity index (χ0n) is 17.0. The smallest absolute Gasteiger partial charge is 0.255 e. The van der Waals surface area contributed by atoms with E-state index in [0.717, 1.165) is 11.1 Å². The van der Waals surface area contributed by atoms with E-state index in [1.807, 2.05) is 0 Å². The second-order valence-corrected chi connectivity index (χ2v) is 9.03. The molecule has 4 rings (SSSR count). The van der Waals surface area contributed by atoms with E-state index in [2.05, 4.69) is 15.3 Å². The van der Waals surface area contributed by atoms with Crippen LogP contribution in [0.4, 0.5) is 15.8 Å². The lowest BCUT2D eigenvalue weighted by molar-refractivity contribution is 0.102. The zero-order chi connectivity index (χ0) is 22.9. The quantitative estimate of drug-likeness (QED) is 0.394. The molecule has 0 spiro atoms. The van der Waals surface area contributed by atoms with Gasteiger partial charge in [-0.3, -0.25) is 4.79 Å². The number of nitrogens with one attached hydrogen (secondary N) is 2. The first-order chi connectivity index (χ1) is 15.2. The van der Waals surface area contributed by atoms with Gasteiger partial charge >= 0.3 is 0 Å². The number of carbonyl (C=O) groups excluding carboxylic acids is 1. The average molecular weight is 450 g/mol. The molecular formula is C23H19FN4O3S. The normalized spacial score (nSPS) is 11.3. The third-order valence-corrected chi connectivity index (χ3v) is 6.45. The molecule has 162 valence electrons. The van der Waals surface area contributed by atoms with Crippen LogP contribution in [0.3, 0.4) is 0 Å². The number of aromatic nitrogens is 2. The summed E-state index contributed by atoms with van der Waals surface area (Å²) in [5.41, 5.74) is 9.15. The largest absolute Gasteiger partial charge is 0.397 e. The molecule has 0 saturated heterocycles. The first-order valence-electron chi connectivity index (χ1n) is 9.57. The van der Waals surface area contributed by atoms with Crippen molar-refractivity contribution in [2.45, 2.75) is 17.0 Å². The highest BCUT2D eigenvalue weighted by molar-refractivity contribution is 7.91. The van der Waals surface area contributed by atoms with Gasteiger partial charge in [-0.05, 0) is 66.6 Å². The van der Waals surface area contributed by atoms with Gasteiger partial charge in [0.1, 0.15) is 5.82 Å². The van der Waals surface area contributed by atoms with Gasteiger partial charge in [-0.25, -0.2) is 17.8 Å². The first-order valence-corrected chi connectivity index (χ1v) is 11.1. The van der Waals surface area contributed by atoms with E-state index in [4.69, 9.17) is 5.73 Å². The van der Waals surface area contributed by atoms with E-state index in [9.17, 15) is 17.6 Å². The Morgan fingerprint density at radius 1 is 1.00 bits per heavy atom. The van der Waals surface area contributed by atoms with Crippen molar-refractivity contribution >= 4 is 27.1 Å². The van der Waals surface area contributed by atoms with Gasteiger partial charge in [0, 0.05) is 17.5 Å². The van der Waals surface area contributed by atoms with Crippen molar-refractivity contribution in [2.24, 2.45) is 0 Å². The molecule has 1 amide bonds. The summed E-state index contributed by atoms with van der Waals surface area (Å²) in [4.78, 5) is 19.3. The highest BCUT2D eigenvalue weighted by atomic mass is 32.2. The summed E-state index contributed by atoms with van der Waals surface area (Å²) >= 11 is 0. The van der Waals surface area contributed by atoms with Gasteiger partial charge in [0.2, 0.25) is 15.0 Å². The second-order valence-electron chi connectivity index (χ2n) is 7.16. The first kappa shape index (κ1) is 21.3. The van der Waals surface area contributed by atoms with Gasteiger partial charge in [0.25, 0.3) is 5.91 Å². The average Bonchev–Trinajstić information content (AvgIpc) is 3.23. The fourth-order valence-electron chi connectivity index (χ4n) is 3.10. The standard InChI is InChI=1S/C23H19FN4O3S/c1-14-13-26-23(27-14)32(30,31)19-9-4-16(5-10-19)22(29)28-21-12-17(6-11-20(21)25)15-2-7-18(24)8-3-15/h2-13H,25H2,1H3,(H,26,27)(H,28,29). The van der Waals surface area contributed by atoms with E-state index in [1.54, 1.807) is 37.3 Å². The predicted octanol–water partition coefficient (Wildman–Crippen LogP) is 4.19. The number of hydrogen-bond donors (Lipinski definition) is 3. The number of nitrogens with two attached hydrogens (primary N) is 1. The van der Waals surface area contributed by atoms with Gasteiger partial charge in [-0.15, -0.1) is 0 Å². The summed E-state index contributed by atoms with van der Waals surface area (Å²) in [6.07, 6.45) is 1.43. The second kappa shape index (κ2) is 8.27. The predicted molar refractivity (Wildman–Crippen MR) is 119 cm³/mol. The Hall–Kier alpha value is -3.98. The number of nitrogen functional groups attached to an aromatic ring is 1. The molecule has 32 heavy (non-hydrogen) atoms. The molecule has 0 radical (unpaired) electrons. The molecular weight excluding hydrogens is 431 g/mol. The topological polar surface area (TPSA) is 118 Å². The summed E-state index contributed by atoms with van der Waals surface area (Å²) in [6, 6.07) is 16.6. The van der Waals surface area contributed by atoms with Gasteiger partial charge < -0.3 is 16.0 Å². The molecule has 0 aliphatic carbocycles. The number of rotatable bonds is 5. The molecule has 0 atom stereocenters. The fourth-order valence-corrected chi connectivity index (χ4v) is 4.31. The molecule has 0 unspecified atom stereocenters. The number of aryl methyl sites for hydroxylation is 1. The lowest BCUT2D eigenvalue weighted by Gasteiger charge is -2.11. The molecule has 3 aromatic carbocycles. The van der Waals surface area contributed by atoms with Crippen molar-refractivity contribution in [2.75, 3.05) is 11.1 Å². The number of H-pyrrole nitrogens is 1. The van der Waals surface area contributed by atoms with Crippen LogP contribution in [0.1, 0.15) is 16.1 Å². The van der Waals surface area contributed by atoms with Crippen molar-refractivity contribution < 1.29 is 17.6 Å². The molecule has 0 aliphatic heterocycles. The van der Waals surface area contributed by atoms with Crippen LogP contribution in [0.25, 0.3) is 11.1 Å². The Bertz CT molecular complexity index is 1400. The van der Waals surface area contributed by atoms with E-state index in [-0.39, 0.29) is 21.4 Å². The van der Waals surface area contributed by atoms with E-state index in [1.165, 1.54) is 42.6 Å². The third-order valence-electron chi connectivity index (χ3n) is 4.84. The minimum absolute atomic E-state index is 0.0150. The van der Waals surface area contributed by atoms with Crippen LogP contribution in [-0.2, 0) is 9.84 Å². The van der Waals surface area contributed by atoms with Crippen LogP contribution < -0.4 is 11.1 Å². The number of carbonyl (C=O) groups is 1. The van der Waals surface area contributed by atoms with Gasteiger partial charge in [-0.1, -0.05) is 18.2 Å². The Morgan fingerprint density at radius 2 is 1.66 bits per heavy atom. The van der Waals surface area contributed by atoms with Gasteiger partial charge in [0.15, 0.2) is 0 Å². The van der Waals surface area contributed by atoms with Gasteiger partial charge in [-0.2, -0.15) is 0 Å². The van der Waals surface area contributed by atoms with E-state index in [0.29, 0.717) is 17.1 Å². The Balaban J connectivity index is 1.55. The van der Waals surface area contributed by atoms with Crippen molar-refractivity contribution in [1.29, 1.82) is 0 Å². The highest BCUT2D eigenvalue weighted by Gasteiger charge is 2.21. The highest BCUT2D eigenvalue weighted by Crippen LogP contribution is 2.28. The number of hydrogen-bond acceptors (Lipinski definition) is 5. The van der Waals surface area contributed by atoms with E-state index >= 15 is 0 Å². The summed E-state index contributed by atoms with van der Waals surface area (Å²) < 4.78 is 38.4. The molecule has 1 aromatic heterocycles. The minimum atomic E-state index is -3.81. The Kier molecular flexibility index (Phi) is 5.50. The maximum absolute atomic E-state index is 13.2. The number of sulfone groups is 1. The number of aromatic amines is 1. The van der Waals surface area contributed by atoms with Crippen molar-refractivity contribution in [1.82, 2.24) is 9.97 Å². The molecule has 9 heteroatoms. The number of anilines is 2. The summed E-state index contributed by atoms with van der Waals surface area (Å²) in [6.45, 7) is 1.70. The monoisotopic (exact) mass is 450 g/mol. The lowest BCUT2D eigenvalue weighted by atomic mass is 10.0. The molecule has 4 aromatic rings. The van der Waals surface area contributed by atoms with E-state index < -0.39 is 15.7 Å². The number of amides is 1. The maximum atomic E-state index is 13.2. The third kappa shape index (κ3) is 4.23. The number of imidazole rings is 1. The number of nitrogens with zero attached hydrogens (tertiary/aromatic N) is 1. The van der Waals surface area contributed by atoms with Crippen LogP contribution >= 0.6 is 0 Å². The number of benzene rings is 3. The summed E-state index contributed by atoms with van der Waals surface area (Å²) in [5, 5.41) is 2.58. The molecule has 1 heterocycles. The molecule has 0 saturated carbocycles. The zero-order valence-corrected chi connectivity index (χ0v) is 17.8. The molecule has 0 bridgehead atoms. The SMILES string of the molecule is Cc1cnc(S(=O)(=O)c2ccc(C(=O)Nc3cc(-c4ccc(F)cc4)ccc3N)cc2)[nH]1. The Labute approximate surface area is 184 Å². The van der Waals surface area contributed by atoms with Crippen LogP contribution in [0.15, 0.2) is 83.0 Å². The fraction of sp³-hybridized carbons (Fsp3) is 0.0435. The van der Waals surface area contributed by atoms with Gasteiger partial charge in [0.05, 0.1) is 16.3 Å². The Morgan fingerprint density at radius 3 is 2.28 bits per heavy atom. The van der Waals surface area contributed by atoms with Crippen LogP contribution in [0.2, 0.25) is 0 Å². The maximum Gasteiger partial charge on any atom is 0.255 e. The lowest BCUT2D eigenvalue weighted by Crippen LogP contribution is -2.13. The van der Waals surface area contributed by atoms with Crippen LogP contribution in [-0.4, -0.2) is 24.3 Å². The summed E-state index contributed by atoms with van der Waals surface area (Å²) in [7, 11) is -3.81. The van der Waals surface area contributed by atoms with Crippen molar-refractivity contribution in [3.05, 3.63) is 90.0 Å². The molecule has 0 aliphatic rings. The van der Waals surface area contributed by atoms with Crippen molar-refractivity contribution in [3.8, 4) is 11.1 Å².